The fraction of sp³-hybridized carbons (Fsp3) is 0.625. The largest absolute Gasteiger partial charge is 0.317 e. The lowest BCUT2D eigenvalue weighted by Gasteiger charge is -2.21. The molecule has 2 unspecified atom stereocenters. The molecule has 0 heterocycles. The Kier molecular flexibility index (Phi) is 6.28. The van der Waals surface area contributed by atoms with Gasteiger partial charge in [0.2, 0.25) is 0 Å². The summed E-state index contributed by atoms with van der Waals surface area (Å²) in [6.07, 6.45) is 5.06. The molecule has 0 spiro atoms. The van der Waals surface area contributed by atoms with Gasteiger partial charge in [-0.1, -0.05) is 51.0 Å². The van der Waals surface area contributed by atoms with Gasteiger partial charge < -0.3 is 5.32 Å². The molecule has 96 valence electrons. The molecule has 1 aromatic rings. The van der Waals surface area contributed by atoms with E-state index in [9.17, 15) is 0 Å². The van der Waals surface area contributed by atoms with Crippen LogP contribution in [0.15, 0.2) is 24.3 Å². The SMILES string of the molecule is CCCC(C)CC(Cc1ccccc1C)NC. The third-order valence-electron chi connectivity index (χ3n) is 3.60. The second-order valence-electron chi connectivity index (χ2n) is 5.25. The van der Waals surface area contributed by atoms with Crippen molar-refractivity contribution in [1.82, 2.24) is 5.32 Å². The molecule has 0 fully saturated rings. The molecule has 0 radical (unpaired) electrons. The Labute approximate surface area is 107 Å². The van der Waals surface area contributed by atoms with Gasteiger partial charge in [0.05, 0.1) is 0 Å². The number of rotatable bonds is 7. The lowest BCUT2D eigenvalue weighted by molar-refractivity contribution is 0.397. The molecule has 0 aliphatic rings. The lowest BCUT2D eigenvalue weighted by atomic mass is 9.92. The van der Waals surface area contributed by atoms with Crippen molar-refractivity contribution in [3.8, 4) is 0 Å². The minimum Gasteiger partial charge on any atom is -0.317 e. The third-order valence-corrected chi connectivity index (χ3v) is 3.60. The smallest absolute Gasteiger partial charge is 0.0107 e. The molecule has 0 bridgehead atoms. The van der Waals surface area contributed by atoms with Gasteiger partial charge in [-0.15, -0.1) is 0 Å². The van der Waals surface area contributed by atoms with Crippen molar-refractivity contribution in [2.75, 3.05) is 7.05 Å². The number of aryl methyl sites for hydroxylation is 1. The van der Waals surface area contributed by atoms with Crippen molar-refractivity contribution in [3.05, 3.63) is 35.4 Å². The van der Waals surface area contributed by atoms with Crippen LogP contribution in [-0.2, 0) is 6.42 Å². The predicted molar refractivity (Wildman–Crippen MR) is 76.4 cm³/mol. The molecule has 1 N–H and O–H groups in total. The predicted octanol–water partition coefficient (Wildman–Crippen LogP) is 3.95. The van der Waals surface area contributed by atoms with E-state index in [1.165, 1.54) is 30.4 Å². The summed E-state index contributed by atoms with van der Waals surface area (Å²) < 4.78 is 0. The van der Waals surface area contributed by atoms with Gasteiger partial charge in [-0.25, -0.2) is 0 Å². The van der Waals surface area contributed by atoms with E-state index in [0.717, 1.165) is 12.3 Å². The molecule has 1 rings (SSSR count). The highest BCUT2D eigenvalue weighted by molar-refractivity contribution is 5.26. The second kappa shape index (κ2) is 7.50. The zero-order valence-electron chi connectivity index (χ0n) is 11.8. The Balaban J connectivity index is 2.55. The highest BCUT2D eigenvalue weighted by Gasteiger charge is 2.12. The summed E-state index contributed by atoms with van der Waals surface area (Å²) in [5.74, 6) is 0.821. The quantitative estimate of drug-likeness (QED) is 0.752. The summed E-state index contributed by atoms with van der Waals surface area (Å²) in [7, 11) is 2.08. The molecule has 1 nitrogen and oxygen atoms in total. The zero-order chi connectivity index (χ0) is 12.7. The van der Waals surface area contributed by atoms with Gasteiger partial charge in [0.25, 0.3) is 0 Å². The van der Waals surface area contributed by atoms with Gasteiger partial charge in [0.1, 0.15) is 0 Å². The summed E-state index contributed by atoms with van der Waals surface area (Å²) >= 11 is 0. The Bertz CT molecular complexity index is 319. The van der Waals surface area contributed by atoms with Gasteiger partial charge in [-0.05, 0) is 43.9 Å². The first-order chi connectivity index (χ1) is 8.17. The van der Waals surface area contributed by atoms with E-state index in [1.54, 1.807) is 0 Å². The summed E-state index contributed by atoms with van der Waals surface area (Å²) in [6.45, 7) is 6.84. The van der Waals surface area contributed by atoms with Crippen LogP contribution in [0.2, 0.25) is 0 Å². The van der Waals surface area contributed by atoms with E-state index in [0.29, 0.717) is 6.04 Å². The number of hydrogen-bond acceptors (Lipinski definition) is 1. The van der Waals surface area contributed by atoms with Crippen molar-refractivity contribution >= 4 is 0 Å². The number of likely N-dealkylation sites (N-methyl/N-ethyl adjacent to an activating group) is 1. The Morgan fingerprint density at radius 1 is 1.24 bits per heavy atom. The Morgan fingerprint density at radius 2 is 1.94 bits per heavy atom. The summed E-state index contributed by atoms with van der Waals surface area (Å²) in [6, 6.07) is 9.33. The van der Waals surface area contributed by atoms with E-state index in [4.69, 9.17) is 0 Å². The molecule has 0 aliphatic heterocycles. The van der Waals surface area contributed by atoms with Gasteiger partial charge >= 0.3 is 0 Å². The number of nitrogens with one attached hydrogen (secondary N) is 1. The molecule has 1 aromatic carbocycles. The minimum absolute atomic E-state index is 0.609. The van der Waals surface area contributed by atoms with E-state index in [2.05, 4.69) is 57.4 Å². The average Bonchev–Trinajstić information content (AvgIpc) is 2.31. The maximum Gasteiger partial charge on any atom is 0.0107 e. The minimum atomic E-state index is 0.609. The first kappa shape index (κ1) is 14.2. The van der Waals surface area contributed by atoms with Gasteiger partial charge in [0.15, 0.2) is 0 Å². The maximum absolute atomic E-state index is 3.47. The molecule has 2 atom stereocenters. The molecular weight excluding hydrogens is 206 g/mol. The monoisotopic (exact) mass is 233 g/mol. The van der Waals surface area contributed by atoms with Crippen LogP contribution in [0, 0.1) is 12.8 Å². The van der Waals surface area contributed by atoms with Crippen molar-refractivity contribution < 1.29 is 0 Å². The van der Waals surface area contributed by atoms with Crippen molar-refractivity contribution in [3.63, 3.8) is 0 Å². The summed E-state index contributed by atoms with van der Waals surface area (Å²) in [4.78, 5) is 0. The summed E-state index contributed by atoms with van der Waals surface area (Å²) in [5.41, 5.74) is 2.89. The average molecular weight is 233 g/mol. The van der Waals surface area contributed by atoms with Crippen LogP contribution in [0.1, 0.15) is 44.2 Å². The normalized spacial score (nSPS) is 14.6. The van der Waals surface area contributed by atoms with Crippen LogP contribution < -0.4 is 5.32 Å². The van der Waals surface area contributed by atoms with E-state index < -0.39 is 0 Å². The summed E-state index contributed by atoms with van der Waals surface area (Å²) in [5, 5.41) is 3.47. The fourth-order valence-corrected chi connectivity index (χ4v) is 2.50. The molecule has 0 amide bonds. The van der Waals surface area contributed by atoms with Crippen LogP contribution in [0.4, 0.5) is 0 Å². The molecular formula is C16H27N. The molecule has 0 aliphatic carbocycles. The van der Waals surface area contributed by atoms with Crippen LogP contribution in [0.25, 0.3) is 0 Å². The first-order valence-corrected chi connectivity index (χ1v) is 6.89. The van der Waals surface area contributed by atoms with Crippen LogP contribution >= 0.6 is 0 Å². The van der Waals surface area contributed by atoms with Gasteiger partial charge in [0, 0.05) is 6.04 Å². The van der Waals surface area contributed by atoms with Crippen LogP contribution in [0.3, 0.4) is 0 Å². The zero-order valence-corrected chi connectivity index (χ0v) is 11.8. The van der Waals surface area contributed by atoms with E-state index in [-0.39, 0.29) is 0 Å². The van der Waals surface area contributed by atoms with E-state index >= 15 is 0 Å². The molecule has 1 heteroatoms. The second-order valence-corrected chi connectivity index (χ2v) is 5.25. The number of hydrogen-bond donors (Lipinski definition) is 1. The third kappa shape index (κ3) is 4.91. The van der Waals surface area contributed by atoms with Crippen LogP contribution in [-0.4, -0.2) is 13.1 Å². The Morgan fingerprint density at radius 3 is 2.53 bits per heavy atom. The topological polar surface area (TPSA) is 12.0 Å². The highest BCUT2D eigenvalue weighted by Crippen LogP contribution is 2.17. The van der Waals surface area contributed by atoms with Crippen LogP contribution in [0.5, 0.6) is 0 Å². The fourth-order valence-electron chi connectivity index (χ4n) is 2.50. The first-order valence-electron chi connectivity index (χ1n) is 6.89. The Hall–Kier alpha value is -0.820. The van der Waals surface area contributed by atoms with Crippen molar-refractivity contribution in [1.29, 1.82) is 0 Å². The maximum atomic E-state index is 3.47. The molecule has 0 saturated carbocycles. The molecule has 17 heavy (non-hydrogen) atoms. The lowest BCUT2D eigenvalue weighted by Crippen LogP contribution is -2.29. The van der Waals surface area contributed by atoms with Crippen molar-refractivity contribution in [2.24, 2.45) is 5.92 Å². The van der Waals surface area contributed by atoms with Gasteiger partial charge in [-0.2, -0.15) is 0 Å². The molecule has 0 saturated heterocycles. The number of benzene rings is 1. The van der Waals surface area contributed by atoms with Gasteiger partial charge in [-0.3, -0.25) is 0 Å². The standard InChI is InChI=1S/C16H27N/c1-5-8-13(2)11-16(17-4)12-15-10-7-6-9-14(15)3/h6-7,9-10,13,16-17H,5,8,11-12H2,1-4H3. The highest BCUT2D eigenvalue weighted by atomic mass is 14.9. The van der Waals surface area contributed by atoms with E-state index in [1.807, 2.05) is 0 Å². The van der Waals surface area contributed by atoms with Crippen molar-refractivity contribution in [2.45, 2.75) is 52.5 Å². The molecule has 0 aromatic heterocycles.